The second kappa shape index (κ2) is 7.33. The molecule has 22 heavy (non-hydrogen) atoms. The van der Waals surface area contributed by atoms with Gasteiger partial charge < -0.3 is 0 Å². The van der Waals surface area contributed by atoms with Gasteiger partial charge in [0.05, 0.1) is 0 Å². The highest BCUT2D eigenvalue weighted by Gasteiger charge is 2.21. The molecule has 0 saturated carbocycles. The van der Waals surface area contributed by atoms with E-state index in [1.165, 1.54) is 16.0 Å². The zero-order chi connectivity index (χ0) is 15.2. The van der Waals surface area contributed by atoms with E-state index in [0.717, 1.165) is 0 Å². The Morgan fingerprint density at radius 3 is 1.59 bits per heavy atom. The van der Waals surface area contributed by atoms with E-state index in [4.69, 9.17) is 0 Å². The summed E-state index contributed by atoms with van der Waals surface area (Å²) >= 11 is 1.94. The lowest BCUT2D eigenvalue weighted by Crippen LogP contribution is -2.05. The topological polar surface area (TPSA) is 0 Å². The number of benzene rings is 3. The maximum atomic E-state index is 2.32. The van der Waals surface area contributed by atoms with Crippen LogP contribution >= 0.6 is 11.8 Å². The summed E-state index contributed by atoms with van der Waals surface area (Å²) in [4.78, 5) is 1.32. The molecule has 0 spiro atoms. The summed E-state index contributed by atoms with van der Waals surface area (Å²) in [6.45, 7) is 2.32. The number of thioether (sulfide) groups is 1. The third-order valence-electron chi connectivity index (χ3n) is 3.91. The van der Waals surface area contributed by atoms with Crippen molar-refractivity contribution >= 4 is 11.8 Å². The summed E-state index contributed by atoms with van der Waals surface area (Å²) in [5.41, 5.74) is 2.77. The normalized spacial score (nSPS) is 13.5. The zero-order valence-corrected chi connectivity index (χ0v) is 13.5. The van der Waals surface area contributed by atoms with Gasteiger partial charge in [0.25, 0.3) is 0 Å². The van der Waals surface area contributed by atoms with Crippen molar-refractivity contribution in [1.29, 1.82) is 0 Å². The summed E-state index contributed by atoms with van der Waals surface area (Å²) in [6, 6.07) is 32.3. The highest BCUT2D eigenvalue weighted by molar-refractivity contribution is 7.99. The lowest BCUT2D eigenvalue weighted by molar-refractivity contribution is 0.741. The monoisotopic (exact) mass is 304 g/mol. The van der Waals surface area contributed by atoms with Gasteiger partial charge in [0.15, 0.2) is 0 Å². The standard InChI is InChI=1S/C21H20S/c1-17(18-11-5-2-6-12-18)21(19-13-7-3-8-14-19)22-20-15-9-4-10-16-20/h2-17,21H,1H3/t17-,21-/m1/s1. The van der Waals surface area contributed by atoms with E-state index in [0.29, 0.717) is 11.2 Å². The highest BCUT2D eigenvalue weighted by atomic mass is 32.2. The molecule has 3 aromatic carbocycles. The fourth-order valence-corrected chi connectivity index (χ4v) is 3.94. The number of rotatable bonds is 5. The molecule has 0 aliphatic carbocycles. The molecule has 3 aromatic rings. The molecular weight excluding hydrogens is 284 g/mol. The summed E-state index contributed by atoms with van der Waals surface area (Å²) < 4.78 is 0. The van der Waals surface area contributed by atoms with Crippen LogP contribution in [0.1, 0.15) is 29.2 Å². The molecule has 3 rings (SSSR count). The molecule has 0 nitrogen and oxygen atoms in total. The van der Waals surface area contributed by atoms with Crippen LogP contribution in [0.4, 0.5) is 0 Å². The Kier molecular flexibility index (Phi) is 4.97. The molecule has 0 aliphatic heterocycles. The first kappa shape index (κ1) is 14.9. The van der Waals surface area contributed by atoms with Crippen molar-refractivity contribution < 1.29 is 0 Å². The molecule has 2 atom stereocenters. The Morgan fingerprint density at radius 2 is 1.05 bits per heavy atom. The van der Waals surface area contributed by atoms with Crippen LogP contribution in [0.25, 0.3) is 0 Å². The van der Waals surface area contributed by atoms with E-state index < -0.39 is 0 Å². The summed E-state index contributed by atoms with van der Waals surface area (Å²) in [5, 5.41) is 0.408. The fourth-order valence-electron chi connectivity index (χ4n) is 2.68. The second-order valence-electron chi connectivity index (χ2n) is 5.46. The molecule has 0 amide bonds. The number of hydrogen-bond acceptors (Lipinski definition) is 1. The lowest BCUT2D eigenvalue weighted by Gasteiger charge is -2.24. The molecule has 0 aliphatic rings. The van der Waals surface area contributed by atoms with Crippen molar-refractivity contribution in [3.8, 4) is 0 Å². The van der Waals surface area contributed by atoms with Crippen LogP contribution in [-0.4, -0.2) is 0 Å². The fraction of sp³-hybridized carbons (Fsp3) is 0.143. The van der Waals surface area contributed by atoms with E-state index in [1.54, 1.807) is 0 Å². The van der Waals surface area contributed by atoms with Crippen molar-refractivity contribution in [2.24, 2.45) is 0 Å². The van der Waals surface area contributed by atoms with Gasteiger partial charge in [-0.15, -0.1) is 11.8 Å². The molecular formula is C21H20S. The highest BCUT2D eigenvalue weighted by Crippen LogP contribution is 2.44. The van der Waals surface area contributed by atoms with Crippen molar-refractivity contribution in [3.63, 3.8) is 0 Å². The maximum Gasteiger partial charge on any atom is 0.0410 e. The minimum Gasteiger partial charge on any atom is -0.117 e. The molecule has 0 aromatic heterocycles. The van der Waals surface area contributed by atoms with Gasteiger partial charge in [-0.25, -0.2) is 0 Å². The Morgan fingerprint density at radius 1 is 0.591 bits per heavy atom. The summed E-state index contributed by atoms with van der Waals surface area (Å²) in [7, 11) is 0. The van der Waals surface area contributed by atoms with Crippen LogP contribution in [0.3, 0.4) is 0 Å². The summed E-state index contributed by atoms with van der Waals surface area (Å²) in [5.74, 6) is 0.453. The first-order valence-electron chi connectivity index (χ1n) is 7.66. The average molecular weight is 304 g/mol. The van der Waals surface area contributed by atoms with Gasteiger partial charge in [-0.3, -0.25) is 0 Å². The first-order chi connectivity index (χ1) is 10.8. The van der Waals surface area contributed by atoms with Gasteiger partial charge in [0, 0.05) is 10.1 Å². The molecule has 1 heteroatoms. The van der Waals surface area contributed by atoms with Gasteiger partial charge in [0.2, 0.25) is 0 Å². The van der Waals surface area contributed by atoms with Gasteiger partial charge in [-0.05, 0) is 29.2 Å². The van der Waals surface area contributed by atoms with Crippen molar-refractivity contribution in [1.82, 2.24) is 0 Å². The Labute approximate surface area is 137 Å². The molecule has 110 valence electrons. The van der Waals surface area contributed by atoms with Crippen molar-refractivity contribution in [2.75, 3.05) is 0 Å². The minimum absolute atomic E-state index is 0.408. The largest absolute Gasteiger partial charge is 0.117 e. The molecule has 0 N–H and O–H groups in total. The minimum atomic E-state index is 0.408. The molecule has 0 unspecified atom stereocenters. The second-order valence-corrected chi connectivity index (χ2v) is 6.68. The van der Waals surface area contributed by atoms with Crippen LogP contribution in [0.2, 0.25) is 0 Å². The third kappa shape index (κ3) is 3.61. The molecule has 0 bridgehead atoms. The van der Waals surface area contributed by atoms with Gasteiger partial charge in [-0.1, -0.05) is 85.8 Å². The Balaban J connectivity index is 1.93. The van der Waals surface area contributed by atoms with Gasteiger partial charge >= 0.3 is 0 Å². The maximum absolute atomic E-state index is 2.32. The van der Waals surface area contributed by atoms with Crippen molar-refractivity contribution in [2.45, 2.75) is 23.0 Å². The first-order valence-corrected chi connectivity index (χ1v) is 8.54. The van der Waals surface area contributed by atoms with E-state index >= 15 is 0 Å². The van der Waals surface area contributed by atoms with E-state index in [-0.39, 0.29) is 0 Å². The van der Waals surface area contributed by atoms with E-state index in [1.807, 2.05) is 11.8 Å². The van der Waals surface area contributed by atoms with Crippen LogP contribution in [0, 0.1) is 0 Å². The smallest absolute Gasteiger partial charge is 0.0410 e. The predicted molar refractivity (Wildman–Crippen MR) is 96.3 cm³/mol. The third-order valence-corrected chi connectivity index (χ3v) is 5.39. The van der Waals surface area contributed by atoms with Crippen molar-refractivity contribution in [3.05, 3.63) is 102 Å². The van der Waals surface area contributed by atoms with Gasteiger partial charge in [0.1, 0.15) is 0 Å². The molecule has 0 fully saturated rings. The van der Waals surface area contributed by atoms with Gasteiger partial charge in [-0.2, -0.15) is 0 Å². The predicted octanol–water partition coefficient (Wildman–Crippen LogP) is 6.32. The lowest BCUT2D eigenvalue weighted by atomic mass is 9.93. The van der Waals surface area contributed by atoms with Crippen LogP contribution < -0.4 is 0 Å². The SMILES string of the molecule is C[C@H](c1ccccc1)[C@@H](Sc1ccccc1)c1ccccc1. The molecule has 0 heterocycles. The van der Waals surface area contributed by atoms with E-state index in [2.05, 4.69) is 97.9 Å². The quantitative estimate of drug-likeness (QED) is 0.497. The van der Waals surface area contributed by atoms with Crippen LogP contribution in [0.5, 0.6) is 0 Å². The van der Waals surface area contributed by atoms with E-state index in [9.17, 15) is 0 Å². The average Bonchev–Trinajstić information content (AvgIpc) is 2.61. The number of hydrogen-bond donors (Lipinski definition) is 0. The van der Waals surface area contributed by atoms with Crippen LogP contribution in [0.15, 0.2) is 95.9 Å². The zero-order valence-electron chi connectivity index (χ0n) is 12.7. The Hall–Kier alpha value is -1.99. The molecule has 0 saturated heterocycles. The Bertz CT molecular complexity index is 677. The molecule has 0 radical (unpaired) electrons. The van der Waals surface area contributed by atoms with Crippen LogP contribution in [-0.2, 0) is 0 Å². The summed E-state index contributed by atoms with van der Waals surface area (Å²) in [6.07, 6.45) is 0.